The minimum absolute atomic E-state index is 0.277. The molecule has 0 aliphatic heterocycles. The second-order valence-electron chi connectivity index (χ2n) is 5.90. The summed E-state index contributed by atoms with van der Waals surface area (Å²) in [6.07, 6.45) is 4.75. The van der Waals surface area contributed by atoms with Crippen molar-refractivity contribution in [2.45, 2.75) is 36.6 Å². The third-order valence-corrected chi connectivity index (χ3v) is 6.00. The Bertz CT molecular complexity index is 555. The Morgan fingerprint density at radius 3 is 2.38 bits per heavy atom. The molecule has 0 heterocycles. The molecule has 118 valence electrons. The average molecular weight is 311 g/mol. The van der Waals surface area contributed by atoms with Crippen LogP contribution in [-0.4, -0.2) is 39.4 Å². The van der Waals surface area contributed by atoms with Gasteiger partial charge in [-0.2, -0.15) is 0 Å². The predicted molar refractivity (Wildman–Crippen MR) is 85.7 cm³/mol. The van der Waals surface area contributed by atoms with Crippen LogP contribution in [0, 0.1) is 5.92 Å². The van der Waals surface area contributed by atoms with Crippen molar-refractivity contribution in [3.63, 3.8) is 0 Å². The molecule has 1 aliphatic rings. The maximum Gasteiger partial charge on any atom is 0.242 e. The molecule has 2 rings (SSSR count). The number of hydrogen-bond acceptors (Lipinski definition) is 4. The highest BCUT2D eigenvalue weighted by Gasteiger charge is 2.21. The molecular formula is C15H25N3O2S. The van der Waals surface area contributed by atoms with E-state index in [4.69, 9.17) is 5.73 Å². The summed E-state index contributed by atoms with van der Waals surface area (Å²) in [4.78, 5) is 0.312. The second-order valence-corrected chi connectivity index (χ2v) is 8.05. The van der Waals surface area contributed by atoms with E-state index in [1.807, 2.05) is 12.1 Å². The summed E-state index contributed by atoms with van der Waals surface area (Å²) in [6.45, 7) is 0.848. The maximum atomic E-state index is 12.0. The number of nitrogens with two attached hydrogens (primary N) is 1. The number of sulfonamides is 1. The van der Waals surface area contributed by atoms with Crippen LogP contribution in [0.1, 0.15) is 25.7 Å². The van der Waals surface area contributed by atoms with Crippen LogP contribution in [0.3, 0.4) is 0 Å². The van der Waals surface area contributed by atoms with Gasteiger partial charge in [0.2, 0.25) is 10.0 Å². The first kappa shape index (κ1) is 16.3. The molecule has 2 unspecified atom stereocenters. The van der Waals surface area contributed by atoms with Crippen LogP contribution in [0.4, 0.5) is 5.69 Å². The van der Waals surface area contributed by atoms with E-state index in [0.717, 1.165) is 18.7 Å². The lowest BCUT2D eigenvalue weighted by molar-refractivity contribution is 0.321. The standard InChI is InChI=1S/C15H25N3O2S/c1-18(2)21(19,20)14-9-7-13(8-10-14)17-11-12-5-3-4-6-15(12)16/h7-10,12,15,17H,3-6,11,16H2,1-2H3. The maximum absolute atomic E-state index is 12.0. The molecule has 1 aliphatic carbocycles. The van der Waals surface area contributed by atoms with Crippen molar-refractivity contribution in [1.82, 2.24) is 4.31 Å². The van der Waals surface area contributed by atoms with Crippen LogP contribution in [-0.2, 0) is 10.0 Å². The molecule has 6 heteroatoms. The van der Waals surface area contributed by atoms with Crippen molar-refractivity contribution in [2.75, 3.05) is 26.0 Å². The van der Waals surface area contributed by atoms with Crippen molar-refractivity contribution in [1.29, 1.82) is 0 Å². The van der Waals surface area contributed by atoms with Crippen molar-refractivity contribution in [3.8, 4) is 0 Å². The Kier molecular flexibility index (Phi) is 5.24. The molecule has 21 heavy (non-hydrogen) atoms. The van der Waals surface area contributed by atoms with Gasteiger partial charge in [0.05, 0.1) is 4.90 Å². The van der Waals surface area contributed by atoms with E-state index in [2.05, 4.69) is 5.32 Å². The Morgan fingerprint density at radius 1 is 1.19 bits per heavy atom. The summed E-state index contributed by atoms with van der Waals surface area (Å²) in [6, 6.07) is 7.17. The van der Waals surface area contributed by atoms with Crippen LogP contribution in [0.2, 0.25) is 0 Å². The van der Waals surface area contributed by atoms with Gasteiger partial charge in [-0.05, 0) is 43.0 Å². The molecule has 0 amide bonds. The summed E-state index contributed by atoms with van der Waals surface area (Å²) in [5.74, 6) is 0.504. The van der Waals surface area contributed by atoms with Gasteiger partial charge >= 0.3 is 0 Å². The lowest BCUT2D eigenvalue weighted by atomic mass is 9.85. The molecule has 1 aromatic carbocycles. The zero-order valence-corrected chi connectivity index (χ0v) is 13.6. The van der Waals surface area contributed by atoms with E-state index >= 15 is 0 Å². The molecule has 5 nitrogen and oxygen atoms in total. The van der Waals surface area contributed by atoms with Gasteiger partial charge in [0.15, 0.2) is 0 Å². The van der Waals surface area contributed by atoms with Crippen LogP contribution in [0.5, 0.6) is 0 Å². The van der Waals surface area contributed by atoms with E-state index in [1.165, 1.54) is 37.7 Å². The molecule has 0 aromatic heterocycles. The highest BCUT2D eigenvalue weighted by atomic mass is 32.2. The minimum Gasteiger partial charge on any atom is -0.385 e. The molecule has 0 spiro atoms. The Hall–Kier alpha value is -1.11. The topological polar surface area (TPSA) is 75.4 Å². The second kappa shape index (κ2) is 6.77. The smallest absolute Gasteiger partial charge is 0.242 e. The lowest BCUT2D eigenvalue weighted by Gasteiger charge is -2.29. The highest BCUT2D eigenvalue weighted by Crippen LogP contribution is 2.24. The SMILES string of the molecule is CN(C)S(=O)(=O)c1ccc(NCC2CCCCC2N)cc1. The highest BCUT2D eigenvalue weighted by molar-refractivity contribution is 7.89. The molecule has 1 aromatic rings. The summed E-state index contributed by atoms with van der Waals surface area (Å²) < 4.78 is 25.2. The van der Waals surface area contributed by atoms with Crippen LogP contribution in [0.25, 0.3) is 0 Å². The third-order valence-electron chi connectivity index (χ3n) is 4.17. The van der Waals surface area contributed by atoms with Gasteiger partial charge in [-0.15, -0.1) is 0 Å². The first-order chi connectivity index (χ1) is 9.91. The molecule has 1 fully saturated rings. The molecule has 3 N–H and O–H groups in total. The summed E-state index contributed by atoms with van der Waals surface area (Å²) in [5.41, 5.74) is 7.07. The normalized spacial score (nSPS) is 23.2. The number of benzene rings is 1. The average Bonchev–Trinajstić information content (AvgIpc) is 2.46. The largest absolute Gasteiger partial charge is 0.385 e. The zero-order chi connectivity index (χ0) is 15.5. The number of rotatable bonds is 5. The summed E-state index contributed by atoms with van der Waals surface area (Å²) in [5, 5.41) is 3.36. The quantitative estimate of drug-likeness (QED) is 0.870. The van der Waals surface area contributed by atoms with Crippen molar-refractivity contribution in [2.24, 2.45) is 11.7 Å². The van der Waals surface area contributed by atoms with Crippen molar-refractivity contribution < 1.29 is 8.42 Å². The molecule has 0 saturated heterocycles. The fourth-order valence-electron chi connectivity index (χ4n) is 2.69. The number of nitrogens with zero attached hydrogens (tertiary/aromatic N) is 1. The van der Waals surface area contributed by atoms with Gasteiger partial charge in [-0.1, -0.05) is 12.8 Å². The van der Waals surface area contributed by atoms with E-state index in [0.29, 0.717) is 10.8 Å². The van der Waals surface area contributed by atoms with Crippen molar-refractivity contribution in [3.05, 3.63) is 24.3 Å². The van der Waals surface area contributed by atoms with Gasteiger partial charge in [0.1, 0.15) is 0 Å². The summed E-state index contributed by atoms with van der Waals surface area (Å²) >= 11 is 0. The van der Waals surface area contributed by atoms with Gasteiger partial charge in [-0.3, -0.25) is 0 Å². The van der Waals surface area contributed by atoms with Gasteiger partial charge in [-0.25, -0.2) is 12.7 Å². The third kappa shape index (κ3) is 3.96. The monoisotopic (exact) mass is 311 g/mol. The zero-order valence-electron chi connectivity index (χ0n) is 12.7. The first-order valence-electron chi connectivity index (χ1n) is 7.43. The molecule has 0 radical (unpaired) electrons. The lowest BCUT2D eigenvalue weighted by Crippen LogP contribution is -2.37. The van der Waals surface area contributed by atoms with E-state index in [9.17, 15) is 8.42 Å². The predicted octanol–water partition coefficient (Wildman–Crippen LogP) is 1.87. The van der Waals surface area contributed by atoms with E-state index in [-0.39, 0.29) is 6.04 Å². The van der Waals surface area contributed by atoms with E-state index in [1.54, 1.807) is 12.1 Å². The van der Waals surface area contributed by atoms with Gasteiger partial charge in [0.25, 0.3) is 0 Å². The molecule has 0 bridgehead atoms. The minimum atomic E-state index is -3.35. The van der Waals surface area contributed by atoms with Crippen LogP contribution in [0.15, 0.2) is 29.2 Å². The fourth-order valence-corrected chi connectivity index (χ4v) is 3.60. The van der Waals surface area contributed by atoms with Crippen LogP contribution >= 0.6 is 0 Å². The van der Waals surface area contributed by atoms with Gasteiger partial charge in [0, 0.05) is 32.4 Å². The van der Waals surface area contributed by atoms with E-state index < -0.39 is 10.0 Å². The van der Waals surface area contributed by atoms with Gasteiger partial charge < -0.3 is 11.1 Å². The summed E-state index contributed by atoms with van der Waals surface area (Å²) in [7, 11) is -0.285. The number of hydrogen-bond donors (Lipinski definition) is 2. The van der Waals surface area contributed by atoms with Crippen LogP contribution < -0.4 is 11.1 Å². The number of nitrogens with one attached hydrogen (secondary N) is 1. The molecule has 1 saturated carbocycles. The first-order valence-corrected chi connectivity index (χ1v) is 8.87. The number of anilines is 1. The molecule has 2 atom stereocenters. The Morgan fingerprint density at radius 2 is 1.81 bits per heavy atom. The Balaban J connectivity index is 1.97. The molecular weight excluding hydrogens is 286 g/mol. The fraction of sp³-hybridized carbons (Fsp3) is 0.600. The van der Waals surface area contributed by atoms with Crippen molar-refractivity contribution >= 4 is 15.7 Å². The Labute approximate surface area is 127 Å².